The Balaban J connectivity index is 1.94. The molecule has 128 valence electrons. The van der Waals surface area contributed by atoms with Crippen molar-refractivity contribution in [2.45, 2.75) is 38.4 Å². The van der Waals surface area contributed by atoms with Gasteiger partial charge >= 0.3 is 5.97 Å². The number of esters is 1. The highest BCUT2D eigenvalue weighted by molar-refractivity contribution is 5.94. The molecule has 0 amide bonds. The molecular formula is C19H22O5. The fourth-order valence-corrected chi connectivity index (χ4v) is 3.25. The molecule has 2 aliphatic rings. The molecule has 0 saturated heterocycles. The van der Waals surface area contributed by atoms with Gasteiger partial charge in [0.25, 0.3) is 0 Å². The van der Waals surface area contributed by atoms with Crippen LogP contribution >= 0.6 is 0 Å². The van der Waals surface area contributed by atoms with E-state index in [0.717, 1.165) is 18.9 Å². The summed E-state index contributed by atoms with van der Waals surface area (Å²) >= 11 is 0. The Morgan fingerprint density at radius 3 is 2.67 bits per heavy atom. The molecule has 3 rings (SSSR count). The molecule has 1 saturated carbocycles. The minimum Gasteiger partial charge on any atom is -0.508 e. The molecule has 5 heteroatoms. The molecule has 1 aromatic rings. The number of carbonyl (C=O) groups excluding carboxylic acids is 1. The van der Waals surface area contributed by atoms with Gasteiger partial charge in [0, 0.05) is 12.5 Å². The zero-order valence-corrected chi connectivity index (χ0v) is 13.6. The molecule has 0 radical (unpaired) electrons. The summed E-state index contributed by atoms with van der Waals surface area (Å²) in [6.07, 6.45) is 8.30. The second kappa shape index (κ2) is 6.69. The largest absolute Gasteiger partial charge is 0.508 e. The summed E-state index contributed by atoms with van der Waals surface area (Å²) in [5.74, 6) is -0.137. The van der Waals surface area contributed by atoms with E-state index in [2.05, 4.69) is 6.08 Å². The molecular weight excluding hydrogens is 308 g/mol. The Morgan fingerprint density at radius 2 is 1.88 bits per heavy atom. The standard InChI is InChI=1S/C19H22O5/c1-11-6-13-7-12(13)4-2-3-5-15(20)8-14-9-16(21)10-17(22)18(14)19(23)24-11/h2-5,9-13,15,20-22H,6-8H2,1H3/t11-,12+,13+,15+/m1/s1. The molecule has 4 atom stereocenters. The third kappa shape index (κ3) is 3.79. The maximum absolute atomic E-state index is 12.5. The van der Waals surface area contributed by atoms with E-state index < -0.39 is 12.1 Å². The van der Waals surface area contributed by atoms with Crippen LogP contribution in [0.15, 0.2) is 36.4 Å². The number of aromatic hydroxyl groups is 2. The van der Waals surface area contributed by atoms with Crippen molar-refractivity contribution < 1.29 is 24.9 Å². The first-order valence-electron chi connectivity index (χ1n) is 8.23. The topological polar surface area (TPSA) is 87.0 Å². The lowest BCUT2D eigenvalue weighted by Crippen LogP contribution is -2.19. The molecule has 5 nitrogen and oxygen atoms in total. The van der Waals surface area contributed by atoms with Crippen molar-refractivity contribution in [3.63, 3.8) is 0 Å². The summed E-state index contributed by atoms with van der Waals surface area (Å²) in [7, 11) is 0. The van der Waals surface area contributed by atoms with E-state index in [0.29, 0.717) is 17.4 Å². The van der Waals surface area contributed by atoms with E-state index >= 15 is 0 Å². The summed E-state index contributed by atoms with van der Waals surface area (Å²) < 4.78 is 5.47. The minimum atomic E-state index is -0.835. The van der Waals surface area contributed by atoms with E-state index in [-0.39, 0.29) is 29.6 Å². The van der Waals surface area contributed by atoms with Gasteiger partial charge in [0.15, 0.2) is 0 Å². The van der Waals surface area contributed by atoms with Crippen molar-refractivity contribution in [1.82, 2.24) is 0 Å². The maximum Gasteiger partial charge on any atom is 0.342 e. The van der Waals surface area contributed by atoms with Crippen molar-refractivity contribution in [3.8, 4) is 11.5 Å². The van der Waals surface area contributed by atoms with Crippen molar-refractivity contribution >= 4 is 5.97 Å². The predicted molar refractivity (Wildman–Crippen MR) is 88.9 cm³/mol. The Morgan fingerprint density at radius 1 is 1.12 bits per heavy atom. The predicted octanol–water partition coefficient (Wildman–Crippen LogP) is 2.70. The van der Waals surface area contributed by atoms with Crippen LogP contribution in [0.4, 0.5) is 0 Å². The summed E-state index contributed by atoms with van der Waals surface area (Å²) in [6, 6.07) is 2.48. The van der Waals surface area contributed by atoms with Crippen molar-refractivity contribution in [2.24, 2.45) is 11.8 Å². The smallest absolute Gasteiger partial charge is 0.342 e. The van der Waals surface area contributed by atoms with Crippen LogP contribution in [-0.4, -0.2) is 33.5 Å². The second-order valence-corrected chi connectivity index (χ2v) is 6.65. The molecule has 1 aliphatic carbocycles. The number of aliphatic hydroxyl groups excluding tert-OH is 1. The van der Waals surface area contributed by atoms with Gasteiger partial charge in [-0.1, -0.05) is 24.3 Å². The number of ether oxygens (including phenoxy) is 1. The van der Waals surface area contributed by atoms with Crippen LogP contribution in [0.2, 0.25) is 0 Å². The van der Waals surface area contributed by atoms with Gasteiger partial charge in [0.05, 0.1) is 12.2 Å². The molecule has 1 fully saturated rings. The van der Waals surface area contributed by atoms with Crippen LogP contribution in [0.3, 0.4) is 0 Å². The van der Waals surface area contributed by atoms with Gasteiger partial charge in [0.1, 0.15) is 17.1 Å². The van der Waals surface area contributed by atoms with E-state index in [9.17, 15) is 20.1 Å². The van der Waals surface area contributed by atoms with Gasteiger partial charge in [0.2, 0.25) is 0 Å². The molecule has 1 aromatic carbocycles. The Kier molecular flexibility index (Phi) is 4.62. The number of fused-ring (bicyclic) bond motifs is 2. The molecule has 0 spiro atoms. The summed E-state index contributed by atoms with van der Waals surface area (Å²) in [4.78, 5) is 12.5. The number of hydrogen-bond acceptors (Lipinski definition) is 5. The molecule has 24 heavy (non-hydrogen) atoms. The normalized spacial score (nSPS) is 30.0. The van der Waals surface area contributed by atoms with Gasteiger partial charge < -0.3 is 20.1 Å². The molecule has 3 N–H and O–H groups in total. The zero-order chi connectivity index (χ0) is 17.3. The van der Waals surface area contributed by atoms with Crippen molar-refractivity contribution in [3.05, 3.63) is 47.6 Å². The first-order chi connectivity index (χ1) is 11.4. The summed E-state index contributed by atoms with van der Waals surface area (Å²) in [5, 5.41) is 29.9. The second-order valence-electron chi connectivity index (χ2n) is 6.65. The number of phenols is 2. The van der Waals surface area contributed by atoms with Crippen LogP contribution in [-0.2, 0) is 11.2 Å². The number of cyclic esters (lactones) is 1. The van der Waals surface area contributed by atoms with Gasteiger partial charge in [-0.25, -0.2) is 4.79 Å². The Labute approximate surface area is 140 Å². The van der Waals surface area contributed by atoms with E-state index in [1.54, 1.807) is 12.2 Å². The van der Waals surface area contributed by atoms with E-state index in [1.807, 2.05) is 13.0 Å². The van der Waals surface area contributed by atoms with Crippen LogP contribution in [0.5, 0.6) is 11.5 Å². The number of aliphatic hydroxyl groups is 1. The molecule has 1 heterocycles. The Bertz CT molecular complexity index is 691. The van der Waals surface area contributed by atoms with Crippen LogP contribution < -0.4 is 0 Å². The summed E-state index contributed by atoms with van der Waals surface area (Å²) in [6.45, 7) is 1.84. The number of phenolic OH excluding ortho intramolecular Hbond substituents is 2. The third-order valence-corrected chi connectivity index (χ3v) is 4.54. The summed E-state index contributed by atoms with van der Waals surface area (Å²) in [5.41, 5.74) is 0.360. The van der Waals surface area contributed by atoms with Gasteiger partial charge in [-0.2, -0.15) is 0 Å². The number of allylic oxidation sites excluding steroid dienone is 3. The quantitative estimate of drug-likeness (QED) is 0.637. The molecule has 1 aliphatic heterocycles. The van der Waals surface area contributed by atoms with Gasteiger partial charge in [-0.05, 0) is 43.2 Å². The van der Waals surface area contributed by atoms with Gasteiger partial charge in [-0.15, -0.1) is 0 Å². The van der Waals surface area contributed by atoms with E-state index in [1.165, 1.54) is 6.07 Å². The monoisotopic (exact) mass is 330 g/mol. The van der Waals surface area contributed by atoms with Crippen LogP contribution in [0, 0.1) is 11.8 Å². The van der Waals surface area contributed by atoms with Crippen molar-refractivity contribution in [2.75, 3.05) is 0 Å². The molecule has 0 bridgehead atoms. The number of hydrogen-bond donors (Lipinski definition) is 3. The van der Waals surface area contributed by atoms with Gasteiger partial charge in [-0.3, -0.25) is 0 Å². The first-order valence-corrected chi connectivity index (χ1v) is 8.23. The average Bonchev–Trinajstić information content (AvgIpc) is 3.19. The molecule has 0 unspecified atom stereocenters. The first kappa shape index (κ1) is 16.6. The number of carbonyl (C=O) groups is 1. The highest BCUT2D eigenvalue weighted by Gasteiger charge is 2.36. The lowest BCUT2D eigenvalue weighted by Gasteiger charge is -2.17. The lowest BCUT2D eigenvalue weighted by atomic mass is 9.99. The zero-order valence-electron chi connectivity index (χ0n) is 13.6. The SMILES string of the molecule is C[C@@H]1C[C@H]2C[C@@H]2C=CC=C[C@H](O)Cc2cc(O)cc(O)c2C(=O)O1. The third-order valence-electron chi connectivity index (χ3n) is 4.54. The average molecular weight is 330 g/mol. The van der Waals surface area contributed by atoms with E-state index in [4.69, 9.17) is 4.74 Å². The fourth-order valence-electron chi connectivity index (χ4n) is 3.25. The Hall–Kier alpha value is -2.27. The fraction of sp³-hybridized carbons (Fsp3) is 0.421. The van der Waals surface area contributed by atoms with Crippen molar-refractivity contribution in [1.29, 1.82) is 0 Å². The lowest BCUT2D eigenvalue weighted by molar-refractivity contribution is 0.0306. The highest BCUT2D eigenvalue weighted by atomic mass is 16.5. The number of rotatable bonds is 0. The van der Waals surface area contributed by atoms with Crippen LogP contribution in [0.1, 0.15) is 35.7 Å². The highest BCUT2D eigenvalue weighted by Crippen LogP contribution is 2.43. The minimum absolute atomic E-state index is 0.00653. The number of benzene rings is 1. The van der Waals surface area contributed by atoms with Crippen LogP contribution in [0.25, 0.3) is 0 Å². The maximum atomic E-state index is 12.5. The molecule has 0 aromatic heterocycles.